The molecule has 2 aromatic heterocycles. The molecule has 0 spiro atoms. The summed E-state index contributed by atoms with van der Waals surface area (Å²) in [6, 6.07) is 13.0. The molecular weight excluding hydrogens is 461 g/mol. The van der Waals surface area contributed by atoms with Crippen molar-refractivity contribution in [1.29, 1.82) is 0 Å². The van der Waals surface area contributed by atoms with Crippen molar-refractivity contribution in [2.75, 3.05) is 0 Å². The van der Waals surface area contributed by atoms with E-state index in [0.29, 0.717) is 12.0 Å². The Labute approximate surface area is 217 Å². The van der Waals surface area contributed by atoms with Crippen molar-refractivity contribution in [2.24, 2.45) is 0 Å². The van der Waals surface area contributed by atoms with Crippen molar-refractivity contribution in [3.05, 3.63) is 125 Å². The summed E-state index contributed by atoms with van der Waals surface area (Å²) in [7, 11) is 0. The number of pyridine rings is 2. The molecule has 3 aromatic rings. The van der Waals surface area contributed by atoms with Crippen molar-refractivity contribution in [3.8, 4) is 11.3 Å². The van der Waals surface area contributed by atoms with Crippen LogP contribution in [0.25, 0.3) is 16.8 Å². The van der Waals surface area contributed by atoms with Gasteiger partial charge in [0.25, 0.3) is 0 Å². The number of allylic oxidation sites excluding steroid dienone is 6. The molecule has 2 aliphatic rings. The normalized spacial score (nSPS) is 15.2. The van der Waals surface area contributed by atoms with Gasteiger partial charge in [-0.1, -0.05) is 18.2 Å². The first-order valence-electron chi connectivity index (χ1n) is 12.7. The highest BCUT2D eigenvalue weighted by Gasteiger charge is 2.25. The number of fused-ring (bicyclic) bond motifs is 1. The zero-order valence-electron chi connectivity index (χ0n) is 21.2. The summed E-state index contributed by atoms with van der Waals surface area (Å²) < 4.78 is 13.9. The Morgan fingerprint density at radius 1 is 1.05 bits per heavy atom. The van der Waals surface area contributed by atoms with Gasteiger partial charge in [0.15, 0.2) is 5.78 Å². The largest absolute Gasteiger partial charge is 0.314 e. The number of carbonyl (C=O) groups excluding carboxylic acids is 1. The molecule has 0 atom stereocenters. The number of aryl methyl sites for hydroxylation is 2. The molecule has 37 heavy (non-hydrogen) atoms. The highest BCUT2D eigenvalue weighted by atomic mass is 19.1. The van der Waals surface area contributed by atoms with Crippen LogP contribution in [0.3, 0.4) is 0 Å². The standard InChI is InChI=1S/C32H30FN3O/c1-22-6-3-9-30(31(37)10-4-7-24-15-18-34-19-16-24)36-21-26(12-14-29(22)36)27-8-5-17-35-32(27)25-11-13-28(33)23(2)20-25/h5,8-9,11-21H,3-4,6-7,10H2,1-2H3. The maximum Gasteiger partial charge on any atom is 0.179 e. The molecule has 186 valence electrons. The Balaban J connectivity index is 1.45. The average Bonchev–Trinajstić information content (AvgIpc) is 3.09. The molecule has 0 saturated heterocycles. The minimum atomic E-state index is -0.231. The number of hydrogen-bond donors (Lipinski definition) is 0. The topological polar surface area (TPSA) is 46.1 Å². The number of aromatic nitrogens is 2. The van der Waals surface area contributed by atoms with Crippen LogP contribution >= 0.6 is 0 Å². The molecule has 0 aliphatic carbocycles. The minimum Gasteiger partial charge on any atom is -0.314 e. The fraction of sp³-hybridized carbons (Fsp3) is 0.219. The molecule has 2 aliphatic heterocycles. The Morgan fingerprint density at radius 2 is 1.89 bits per heavy atom. The molecule has 0 unspecified atom stereocenters. The molecule has 5 rings (SSSR count). The van der Waals surface area contributed by atoms with Gasteiger partial charge in [-0.05, 0) is 98.7 Å². The van der Waals surface area contributed by atoms with Gasteiger partial charge in [-0.3, -0.25) is 14.8 Å². The van der Waals surface area contributed by atoms with E-state index in [-0.39, 0.29) is 11.6 Å². The van der Waals surface area contributed by atoms with Crippen LogP contribution in [-0.4, -0.2) is 20.7 Å². The van der Waals surface area contributed by atoms with E-state index < -0.39 is 0 Å². The number of Topliss-reactive ketones (excluding diaryl/α,β-unsaturated/α-hetero) is 1. The number of hydrogen-bond acceptors (Lipinski definition) is 4. The lowest BCUT2D eigenvalue weighted by molar-refractivity contribution is -0.116. The Hall–Kier alpha value is -4.12. The van der Waals surface area contributed by atoms with Gasteiger partial charge < -0.3 is 4.90 Å². The third kappa shape index (κ3) is 5.36. The van der Waals surface area contributed by atoms with Crippen LogP contribution in [0.2, 0.25) is 0 Å². The van der Waals surface area contributed by atoms with Gasteiger partial charge in [-0.15, -0.1) is 0 Å². The van der Waals surface area contributed by atoms with Crippen LogP contribution < -0.4 is 0 Å². The fourth-order valence-electron chi connectivity index (χ4n) is 4.90. The van der Waals surface area contributed by atoms with Gasteiger partial charge in [0.05, 0.1) is 11.4 Å². The third-order valence-electron chi connectivity index (χ3n) is 6.96. The molecule has 5 heteroatoms. The highest BCUT2D eigenvalue weighted by Crippen LogP contribution is 2.36. The molecule has 0 fully saturated rings. The highest BCUT2D eigenvalue weighted by molar-refractivity contribution is 5.96. The van der Waals surface area contributed by atoms with Gasteiger partial charge in [-0.2, -0.15) is 0 Å². The minimum absolute atomic E-state index is 0.146. The van der Waals surface area contributed by atoms with Crippen LogP contribution in [0.5, 0.6) is 0 Å². The first kappa shape index (κ1) is 24.6. The quantitative estimate of drug-likeness (QED) is 0.347. The molecule has 0 bridgehead atoms. The van der Waals surface area contributed by atoms with E-state index in [4.69, 9.17) is 0 Å². The van der Waals surface area contributed by atoms with Crippen molar-refractivity contribution in [2.45, 2.75) is 46.0 Å². The lowest BCUT2D eigenvalue weighted by Crippen LogP contribution is -2.24. The summed E-state index contributed by atoms with van der Waals surface area (Å²) in [6.07, 6.45) is 17.5. The van der Waals surface area contributed by atoms with Gasteiger partial charge in [0.2, 0.25) is 0 Å². The lowest BCUT2D eigenvalue weighted by Gasteiger charge is -2.29. The van der Waals surface area contributed by atoms with E-state index in [1.165, 1.54) is 17.2 Å². The van der Waals surface area contributed by atoms with Gasteiger partial charge in [0, 0.05) is 53.6 Å². The Bertz CT molecular complexity index is 1450. The monoisotopic (exact) mass is 491 g/mol. The first-order valence-corrected chi connectivity index (χ1v) is 12.7. The number of halogens is 1. The number of benzene rings is 1. The maximum absolute atomic E-state index is 13.9. The lowest BCUT2D eigenvalue weighted by atomic mass is 9.96. The second-order valence-corrected chi connectivity index (χ2v) is 9.58. The van der Waals surface area contributed by atoms with E-state index in [9.17, 15) is 9.18 Å². The molecule has 1 aromatic carbocycles. The average molecular weight is 492 g/mol. The van der Waals surface area contributed by atoms with Crippen molar-refractivity contribution in [1.82, 2.24) is 14.9 Å². The maximum atomic E-state index is 13.9. The summed E-state index contributed by atoms with van der Waals surface area (Å²) in [5.74, 6) is -0.0854. The zero-order valence-corrected chi connectivity index (χ0v) is 21.2. The fourth-order valence-corrected chi connectivity index (χ4v) is 4.90. The zero-order chi connectivity index (χ0) is 25.8. The molecule has 0 saturated carbocycles. The van der Waals surface area contributed by atoms with Crippen LogP contribution in [0.4, 0.5) is 4.39 Å². The van der Waals surface area contributed by atoms with Crippen LogP contribution in [0, 0.1) is 12.7 Å². The van der Waals surface area contributed by atoms with Crippen LogP contribution in [-0.2, 0) is 11.2 Å². The third-order valence-corrected chi connectivity index (χ3v) is 6.96. The van der Waals surface area contributed by atoms with Crippen LogP contribution in [0.1, 0.15) is 49.3 Å². The summed E-state index contributed by atoms with van der Waals surface area (Å²) in [5, 5.41) is 0. The second-order valence-electron chi connectivity index (χ2n) is 9.58. The molecule has 4 nitrogen and oxygen atoms in total. The molecule has 4 heterocycles. The summed E-state index contributed by atoms with van der Waals surface area (Å²) in [6.45, 7) is 3.89. The Kier molecular flexibility index (Phi) is 7.22. The SMILES string of the molecule is CC1=C2C=CC(c3cccnc3-c3ccc(F)c(C)c3)=CN2C(C(=O)CCCc2ccncc2)=CCC1. The molecule has 0 N–H and O–H groups in total. The van der Waals surface area contributed by atoms with Crippen molar-refractivity contribution >= 4 is 11.4 Å². The second kappa shape index (κ2) is 10.9. The molecular formula is C32H30FN3O. The van der Waals surface area contributed by atoms with Gasteiger partial charge in [0.1, 0.15) is 5.82 Å². The molecule has 0 radical (unpaired) electrons. The van der Waals surface area contributed by atoms with Crippen molar-refractivity contribution in [3.63, 3.8) is 0 Å². The predicted molar refractivity (Wildman–Crippen MR) is 146 cm³/mol. The van der Waals surface area contributed by atoms with E-state index in [2.05, 4.69) is 40.0 Å². The molecule has 0 amide bonds. The summed E-state index contributed by atoms with van der Waals surface area (Å²) in [5.41, 5.74) is 8.35. The van der Waals surface area contributed by atoms with Gasteiger partial charge in [-0.25, -0.2) is 4.39 Å². The predicted octanol–water partition coefficient (Wildman–Crippen LogP) is 7.35. The summed E-state index contributed by atoms with van der Waals surface area (Å²) >= 11 is 0. The van der Waals surface area contributed by atoms with E-state index in [0.717, 1.165) is 59.5 Å². The van der Waals surface area contributed by atoms with E-state index in [1.54, 1.807) is 31.6 Å². The van der Waals surface area contributed by atoms with Crippen molar-refractivity contribution < 1.29 is 9.18 Å². The first-order chi connectivity index (χ1) is 18.0. The van der Waals surface area contributed by atoms with E-state index in [1.807, 2.05) is 36.5 Å². The van der Waals surface area contributed by atoms with E-state index >= 15 is 0 Å². The van der Waals surface area contributed by atoms with Crippen LogP contribution in [0.15, 0.2) is 102 Å². The number of carbonyl (C=O) groups is 1. The number of rotatable bonds is 7. The smallest absolute Gasteiger partial charge is 0.179 e. The summed E-state index contributed by atoms with van der Waals surface area (Å²) in [4.78, 5) is 24.2. The number of nitrogens with zero attached hydrogens (tertiary/aromatic N) is 3. The Morgan fingerprint density at radius 3 is 2.70 bits per heavy atom. The van der Waals surface area contributed by atoms with Gasteiger partial charge >= 0.3 is 0 Å². The number of ketones is 1.